The van der Waals surface area contributed by atoms with Crippen LogP contribution >= 0.6 is 0 Å². The zero-order valence-corrected chi connectivity index (χ0v) is 11.7. The van der Waals surface area contributed by atoms with Crippen molar-refractivity contribution in [3.05, 3.63) is 24.2 Å². The highest BCUT2D eigenvalue weighted by Crippen LogP contribution is 2.17. The number of hydrogen-bond acceptors (Lipinski definition) is 6. The Morgan fingerprint density at radius 3 is 3.15 bits per heavy atom. The summed E-state index contributed by atoms with van der Waals surface area (Å²) in [6, 6.07) is 4.19. The molecule has 1 saturated heterocycles. The van der Waals surface area contributed by atoms with Gasteiger partial charge in [-0.15, -0.1) is 0 Å². The van der Waals surface area contributed by atoms with Gasteiger partial charge in [-0.2, -0.15) is 4.98 Å². The van der Waals surface area contributed by atoms with Crippen molar-refractivity contribution in [3.8, 4) is 11.7 Å². The van der Waals surface area contributed by atoms with Gasteiger partial charge in [0.05, 0.1) is 12.8 Å². The second-order valence-electron chi connectivity index (χ2n) is 5.34. The molecule has 0 aliphatic carbocycles. The minimum Gasteiger partial charge on any atom is -0.459 e. The lowest BCUT2D eigenvalue weighted by Crippen LogP contribution is -2.42. The molecule has 6 heteroatoms. The summed E-state index contributed by atoms with van der Waals surface area (Å²) in [5.74, 6) is 1.74. The highest BCUT2D eigenvalue weighted by Gasteiger charge is 2.17. The van der Waals surface area contributed by atoms with Crippen LogP contribution < -0.4 is 5.32 Å². The van der Waals surface area contributed by atoms with Gasteiger partial charge in [0.15, 0.2) is 11.6 Å². The van der Waals surface area contributed by atoms with Crippen LogP contribution in [-0.4, -0.2) is 41.2 Å². The predicted octanol–water partition coefficient (Wildman–Crippen LogP) is 1.90. The van der Waals surface area contributed by atoms with Gasteiger partial charge in [0.2, 0.25) is 0 Å². The SMILES string of the molecule is CN(Cc1noc(-c2ccco2)n1)CC1CCCCN1. The monoisotopic (exact) mass is 276 g/mol. The van der Waals surface area contributed by atoms with Crippen LogP contribution in [0, 0.1) is 0 Å². The standard InChI is InChI=1S/C14H20N4O2/c1-18(9-11-5-2-3-7-15-11)10-13-16-14(20-17-13)12-6-4-8-19-12/h4,6,8,11,15H,2-3,5,7,9-10H2,1H3. The van der Waals surface area contributed by atoms with E-state index >= 15 is 0 Å². The normalized spacial score (nSPS) is 19.6. The van der Waals surface area contributed by atoms with Crippen LogP contribution in [0.25, 0.3) is 11.7 Å². The molecule has 6 nitrogen and oxygen atoms in total. The molecule has 3 heterocycles. The van der Waals surface area contributed by atoms with Crippen LogP contribution in [0.3, 0.4) is 0 Å². The van der Waals surface area contributed by atoms with Gasteiger partial charge < -0.3 is 14.3 Å². The summed E-state index contributed by atoms with van der Waals surface area (Å²) in [6.07, 6.45) is 5.45. The van der Waals surface area contributed by atoms with E-state index in [0.29, 0.717) is 30.1 Å². The summed E-state index contributed by atoms with van der Waals surface area (Å²) < 4.78 is 10.4. The van der Waals surface area contributed by atoms with Crippen LogP contribution in [0.1, 0.15) is 25.1 Å². The van der Waals surface area contributed by atoms with Crippen LogP contribution in [0.5, 0.6) is 0 Å². The first kappa shape index (κ1) is 13.3. The first-order chi connectivity index (χ1) is 9.81. The average molecular weight is 276 g/mol. The van der Waals surface area contributed by atoms with Gasteiger partial charge in [-0.05, 0) is 38.6 Å². The molecule has 1 N–H and O–H groups in total. The molecule has 0 saturated carbocycles. The zero-order valence-electron chi connectivity index (χ0n) is 11.7. The van der Waals surface area contributed by atoms with Crippen LogP contribution in [0.4, 0.5) is 0 Å². The number of likely N-dealkylation sites (N-methyl/N-ethyl adjacent to an activating group) is 1. The second-order valence-corrected chi connectivity index (χ2v) is 5.34. The molecule has 0 spiro atoms. The summed E-state index contributed by atoms with van der Waals surface area (Å²) in [6.45, 7) is 2.82. The predicted molar refractivity (Wildman–Crippen MR) is 74.0 cm³/mol. The van der Waals surface area contributed by atoms with Gasteiger partial charge in [-0.1, -0.05) is 11.6 Å². The Labute approximate surface area is 118 Å². The van der Waals surface area contributed by atoms with Crippen molar-refractivity contribution in [3.63, 3.8) is 0 Å². The first-order valence-corrected chi connectivity index (χ1v) is 7.09. The van der Waals surface area contributed by atoms with Crippen LogP contribution in [0.2, 0.25) is 0 Å². The Morgan fingerprint density at radius 1 is 1.45 bits per heavy atom. The van der Waals surface area contributed by atoms with Crippen molar-refractivity contribution in [2.24, 2.45) is 0 Å². The molecule has 20 heavy (non-hydrogen) atoms. The van der Waals surface area contributed by atoms with Crippen LogP contribution in [0.15, 0.2) is 27.3 Å². The lowest BCUT2D eigenvalue weighted by molar-refractivity contribution is 0.249. The topological polar surface area (TPSA) is 67.3 Å². The molecule has 0 aromatic carbocycles. The van der Waals surface area contributed by atoms with Gasteiger partial charge in [0, 0.05) is 12.6 Å². The maximum absolute atomic E-state index is 5.24. The molecule has 1 unspecified atom stereocenters. The Morgan fingerprint density at radius 2 is 2.40 bits per heavy atom. The van der Waals surface area contributed by atoms with E-state index in [1.54, 1.807) is 12.3 Å². The summed E-state index contributed by atoms with van der Waals surface area (Å²) in [7, 11) is 2.08. The van der Waals surface area contributed by atoms with Crippen molar-refractivity contribution < 1.29 is 8.94 Å². The third kappa shape index (κ3) is 3.26. The number of nitrogens with one attached hydrogen (secondary N) is 1. The summed E-state index contributed by atoms with van der Waals surface area (Å²) in [5.41, 5.74) is 0. The molecule has 0 radical (unpaired) electrons. The van der Waals surface area contributed by atoms with Crippen molar-refractivity contribution in [1.29, 1.82) is 0 Å². The number of piperidine rings is 1. The zero-order chi connectivity index (χ0) is 13.8. The van der Waals surface area contributed by atoms with Gasteiger partial charge in [-0.25, -0.2) is 0 Å². The minimum atomic E-state index is 0.439. The first-order valence-electron chi connectivity index (χ1n) is 7.09. The fraction of sp³-hybridized carbons (Fsp3) is 0.571. The Hall–Kier alpha value is -1.66. The Bertz CT molecular complexity index is 517. The molecule has 1 aliphatic rings. The van der Waals surface area contributed by atoms with E-state index in [1.807, 2.05) is 6.07 Å². The molecular formula is C14H20N4O2. The largest absolute Gasteiger partial charge is 0.459 e. The maximum Gasteiger partial charge on any atom is 0.293 e. The van der Waals surface area contributed by atoms with E-state index in [9.17, 15) is 0 Å². The maximum atomic E-state index is 5.24. The highest BCUT2D eigenvalue weighted by molar-refractivity contribution is 5.42. The van der Waals surface area contributed by atoms with Crippen molar-refractivity contribution in [2.75, 3.05) is 20.1 Å². The third-order valence-corrected chi connectivity index (χ3v) is 3.56. The molecule has 3 rings (SSSR count). The fourth-order valence-corrected chi connectivity index (χ4v) is 2.58. The molecule has 1 atom stereocenters. The van der Waals surface area contributed by atoms with E-state index in [4.69, 9.17) is 8.94 Å². The Kier molecular flexibility index (Phi) is 4.13. The number of nitrogens with zero attached hydrogens (tertiary/aromatic N) is 3. The molecule has 1 aliphatic heterocycles. The van der Waals surface area contributed by atoms with Gasteiger partial charge in [0.1, 0.15) is 0 Å². The van der Waals surface area contributed by atoms with Gasteiger partial charge in [0.25, 0.3) is 5.89 Å². The minimum absolute atomic E-state index is 0.439. The second kappa shape index (κ2) is 6.19. The van der Waals surface area contributed by atoms with E-state index in [-0.39, 0.29) is 0 Å². The number of hydrogen-bond donors (Lipinski definition) is 1. The lowest BCUT2D eigenvalue weighted by Gasteiger charge is -2.27. The van der Waals surface area contributed by atoms with E-state index in [1.165, 1.54) is 19.3 Å². The molecular weight excluding hydrogens is 256 g/mol. The van der Waals surface area contributed by atoms with Gasteiger partial charge in [-0.3, -0.25) is 4.90 Å². The summed E-state index contributed by atoms with van der Waals surface area (Å²) in [5, 5.41) is 7.54. The van der Waals surface area contributed by atoms with Crippen molar-refractivity contribution in [1.82, 2.24) is 20.4 Å². The van der Waals surface area contributed by atoms with E-state index in [0.717, 1.165) is 13.1 Å². The fourth-order valence-electron chi connectivity index (χ4n) is 2.58. The Balaban J connectivity index is 1.54. The quantitative estimate of drug-likeness (QED) is 0.899. The molecule has 0 amide bonds. The molecule has 108 valence electrons. The number of furan rings is 1. The number of rotatable bonds is 5. The molecule has 0 bridgehead atoms. The van der Waals surface area contributed by atoms with Crippen LogP contribution in [-0.2, 0) is 6.54 Å². The molecule has 2 aromatic rings. The van der Waals surface area contributed by atoms with E-state index in [2.05, 4.69) is 27.4 Å². The van der Waals surface area contributed by atoms with E-state index < -0.39 is 0 Å². The van der Waals surface area contributed by atoms with Crippen molar-refractivity contribution in [2.45, 2.75) is 31.8 Å². The van der Waals surface area contributed by atoms with Gasteiger partial charge >= 0.3 is 0 Å². The summed E-state index contributed by atoms with van der Waals surface area (Å²) in [4.78, 5) is 6.57. The highest BCUT2D eigenvalue weighted by atomic mass is 16.5. The number of aromatic nitrogens is 2. The molecule has 2 aromatic heterocycles. The molecule has 1 fully saturated rings. The average Bonchev–Trinajstić information content (AvgIpc) is 3.10. The van der Waals surface area contributed by atoms with Crippen molar-refractivity contribution >= 4 is 0 Å². The smallest absolute Gasteiger partial charge is 0.293 e. The lowest BCUT2D eigenvalue weighted by atomic mass is 10.0. The summed E-state index contributed by atoms with van der Waals surface area (Å²) >= 11 is 0. The third-order valence-electron chi connectivity index (χ3n) is 3.56.